The molecule has 5 rings (SSSR count). The van der Waals surface area contributed by atoms with Crippen molar-refractivity contribution >= 4 is 34.8 Å². The van der Waals surface area contributed by atoms with E-state index in [1.807, 2.05) is 25.1 Å². The van der Waals surface area contributed by atoms with Gasteiger partial charge in [-0.3, -0.25) is 9.59 Å². The van der Waals surface area contributed by atoms with Crippen molar-refractivity contribution in [1.29, 1.82) is 0 Å². The first-order valence-electron chi connectivity index (χ1n) is 13.4. The first-order chi connectivity index (χ1) is 17.9. The van der Waals surface area contributed by atoms with E-state index < -0.39 is 0 Å². The monoisotopic (exact) mass is 507 g/mol. The van der Waals surface area contributed by atoms with E-state index >= 15 is 0 Å². The third-order valence-corrected chi connectivity index (χ3v) is 7.78. The summed E-state index contributed by atoms with van der Waals surface area (Å²) in [4.78, 5) is 34.8. The van der Waals surface area contributed by atoms with Crippen molar-refractivity contribution in [2.45, 2.75) is 45.6 Å². The Hall–Kier alpha value is -3.33. The smallest absolute Gasteiger partial charge is 0.309 e. The molecule has 0 spiro atoms. The molecule has 2 N–H and O–H groups in total. The van der Waals surface area contributed by atoms with Crippen LogP contribution in [0, 0.1) is 5.92 Å². The van der Waals surface area contributed by atoms with E-state index in [0.717, 1.165) is 61.9 Å². The molecule has 3 aliphatic heterocycles. The normalized spacial score (nSPS) is 21.8. The van der Waals surface area contributed by atoms with E-state index in [4.69, 9.17) is 14.5 Å². The van der Waals surface area contributed by atoms with Gasteiger partial charge in [-0.2, -0.15) is 0 Å². The largest absolute Gasteiger partial charge is 0.466 e. The molecular weight excluding hydrogens is 470 g/mol. The Morgan fingerprint density at radius 1 is 1.08 bits per heavy atom. The van der Waals surface area contributed by atoms with Crippen molar-refractivity contribution in [3.63, 3.8) is 0 Å². The summed E-state index contributed by atoms with van der Waals surface area (Å²) in [5.41, 5.74) is 4.43. The van der Waals surface area contributed by atoms with Crippen molar-refractivity contribution in [2.24, 2.45) is 5.92 Å². The number of carbonyl (C=O) groups excluding carboxylic acids is 2. The highest BCUT2D eigenvalue weighted by molar-refractivity contribution is 6.04. The Morgan fingerprint density at radius 3 is 2.57 bits per heavy atom. The van der Waals surface area contributed by atoms with E-state index in [1.54, 1.807) is 0 Å². The van der Waals surface area contributed by atoms with Crippen LogP contribution in [0.3, 0.4) is 0 Å². The van der Waals surface area contributed by atoms with Gasteiger partial charge in [-0.25, -0.2) is 4.98 Å². The number of hydrogen-bond acceptors (Lipinski definition) is 8. The molecule has 0 radical (unpaired) electrons. The number of amides is 1. The zero-order chi connectivity index (χ0) is 25.9. The molecule has 9 heteroatoms. The number of hydrogen-bond donors (Lipinski definition) is 2. The fourth-order valence-electron chi connectivity index (χ4n) is 5.37. The Balaban J connectivity index is 1.37. The molecule has 0 bridgehead atoms. The second-order valence-electron chi connectivity index (χ2n) is 10.2. The molecule has 0 aliphatic carbocycles. The number of nitrogens with one attached hydrogen (secondary N) is 2. The predicted octanol–water partition coefficient (Wildman–Crippen LogP) is 3.87. The molecule has 2 atom stereocenters. The summed E-state index contributed by atoms with van der Waals surface area (Å²) in [5.74, 6) is 0.736. The lowest BCUT2D eigenvalue weighted by molar-refractivity contribution is -0.148. The Kier molecular flexibility index (Phi) is 7.50. The minimum atomic E-state index is -0.232. The SMILES string of the molecule is CCOC(=O)C1CCN(c2cc(C(=O)Nc3ccc4c(c3)C(C)C(C)N4)nc(N3CCOCC3)c2)CC1. The van der Waals surface area contributed by atoms with E-state index in [2.05, 4.69) is 46.4 Å². The minimum Gasteiger partial charge on any atom is -0.466 e. The minimum absolute atomic E-state index is 0.0704. The lowest BCUT2D eigenvalue weighted by Crippen LogP contribution is -2.39. The van der Waals surface area contributed by atoms with Crippen LogP contribution in [0.2, 0.25) is 0 Å². The molecule has 2 fully saturated rings. The summed E-state index contributed by atoms with van der Waals surface area (Å²) in [5, 5.41) is 6.56. The van der Waals surface area contributed by atoms with Crippen molar-refractivity contribution in [1.82, 2.24) is 4.98 Å². The highest BCUT2D eigenvalue weighted by atomic mass is 16.5. The van der Waals surface area contributed by atoms with Crippen LogP contribution in [0.15, 0.2) is 30.3 Å². The quantitative estimate of drug-likeness (QED) is 0.569. The van der Waals surface area contributed by atoms with Gasteiger partial charge >= 0.3 is 5.97 Å². The van der Waals surface area contributed by atoms with Gasteiger partial charge in [0.05, 0.1) is 25.7 Å². The van der Waals surface area contributed by atoms with Gasteiger partial charge in [-0.05, 0) is 56.5 Å². The Bertz CT molecular complexity index is 1140. The summed E-state index contributed by atoms with van der Waals surface area (Å²) >= 11 is 0. The molecule has 1 aromatic carbocycles. The molecule has 1 amide bonds. The number of anilines is 4. The zero-order valence-corrected chi connectivity index (χ0v) is 22.0. The maximum absolute atomic E-state index is 13.4. The van der Waals surface area contributed by atoms with Gasteiger partial charge in [0.2, 0.25) is 0 Å². The number of esters is 1. The number of nitrogens with zero attached hydrogens (tertiary/aromatic N) is 3. The predicted molar refractivity (Wildman–Crippen MR) is 145 cm³/mol. The fraction of sp³-hybridized carbons (Fsp3) is 0.536. The van der Waals surface area contributed by atoms with Crippen molar-refractivity contribution in [3.8, 4) is 0 Å². The van der Waals surface area contributed by atoms with Gasteiger partial charge in [-0.15, -0.1) is 0 Å². The van der Waals surface area contributed by atoms with Crippen molar-refractivity contribution in [2.75, 3.05) is 66.4 Å². The Labute approximate surface area is 218 Å². The highest BCUT2D eigenvalue weighted by Crippen LogP contribution is 2.37. The number of aromatic nitrogens is 1. The summed E-state index contributed by atoms with van der Waals surface area (Å²) in [6, 6.07) is 10.3. The number of ether oxygens (including phenoxy) is 2. The molecule has 2 unspecified atom stereocenters. The number of fused-ring (bicyclic) bond motifs is 1. The summed E-state index contributed by atoms with van der Waals surface area (Å²) in [7, 11) is 0. The molecule has 0 saturated carbocycles. The van der Waals surface area contributed by atoms with Gasteiger partial charge in [0.1, 0.15) is 11.5 Å². The van der Waals surface area contributed by atoms with Crippen LogP contribution in [0.4, 0.5) is 22.9 Å². The van der Waals surface area contributed by atoms with Gasteiger partial charge in [0.15, 0.2) is 0 Å². The average Bonchev–Trinajstić information content (AvgIpc) is 3.21. The summed E-state index contributed by atoms with van der Waals surface area (Å²) in [6.45, 7) is 10.8. The van der Waals surface area contributed by atoms with E-state index in [-0.39, 0.29) is 17.8 Å². The number of pyridine rings is 1. The molecule has 2 saturated heterocycles. The first kappa shape index (κ1) is 25.3. The number of carbonyl (C=O) groups is 2. The number of morpholine rings is 1. The fourth-order valence-corrected chi connectivity index (χ4v) is 5.37. The molecule has 3 aliphatic rings. The topological polar surface area (TPSA) is 96.0 Å². The molecule has 2 aromatic rings. The number of rotatable bonds is 6. The number of benzene rings is 1. The van der Waals surface area contributed by atoms with E-state index in [1.165, 1.54) is 5.56 Å². The second kappa shape index (κ2) is 11.0. The van der Waals surface area contributed by atoms with Gasteiger partial charge in [0, 0.05) is 61.3 Å². The third-order valence-electron chi connectivity index (χ3n) is 7.78. The van der Waals surface area contributed by atoms with Crippen LogP contribution in [-0.2, 0) is 14.3 Å². The van der Waals surface area contributed by atoms with Crippen LogP contribution >= 0.6 is 0 Å². The van der Waals surface area contributed by atoms with Gasteiger partial charge < -0.3 is 29.9 Å². The van der Waals surface area contributed by atoms with E-state index in [9.17, 15) is 9.59 Å². The van der Waals surface area contributed by atoms with Crippen LogP contribution < -0.4 is 20.4 Å². The average molecular weight is 508 g/mol. The number of piperidine rings is 1. The van der Waals surface area contributed by atoms with Crippen molar-refractivity contribution in [3.05, 3.63) is 41.6 Å². The molecule has 1 aromatic heterocycles. The molecule has 4 heterocycles. The summed E-state index contributed by atoms with van der Waals surface area (Å²) < 4.78 is 10.7. The first-order valence-corrected chi connectivity index (χ1v) is 13.4. The second-order valence-corrected chi connectivity index (χ2v) is 10.2. The van der Waals surface area contributed by atoms with Gasteiger partial charge in [-0.1, -0.05) is 6.92 Å². The summed E-state index contributed by atoms with van der Waals surface area (Å²) in [6.07, 6.45) is 1.46. The highest BCUT2D eigenvalue weighted by Gasteiger charge is 2.28. The molecule has 37 heavy (non-hydrogen) atoms. The van der Waals surface area contributed by atoms with E-state index in [0.29, 0.717) is 37.5 Å². The lowest BCUT2D eigenvalue weighted by atomic mass is 9.96. The molecule has 198 valence electrons. The standard InChI is InChI=1S/C28H37N5O4/c1-4-37-28(35)20-7-9-32(10-8-20)22-16-25(31-26(17-22)33-11-13-36-14-12-33)27(34)30-21-5-6-24-23(15-21)18(2)19(3)29-24/h5-6,15-20,29H,4,7-14H2,1-3H3,(H,30,34). The van der Waals surface area contributed by atoms with Crippen LogP contribution in [0.25, 0.3) is 0 Å². The molecule has 9 nitrogen and oxygen atoms in total. The molecular formula is C28H37N5O4. The lowest BCUT2D eigenvalue weighted by Gasteiger charge is -2.34. The zero-order valence-electron chi connectivity index (χ0n) is 22.0. The maximum atomic E-state index is 13.4. The van der Waals surface area contributed by atoms with Crippen LogP contribution in [0.1, 0.15) is 55.6 Å². The Morgan fingerprint density at radius 2 is 1.84 bits per heavy atom. The van der Waals surface area contributed by atoms with Crippen molar-refractivity contribution < 1.29 is 19.1 Å². The van der Waals surface area contributed by atoms with Crippen LogP contribution in [0.5, 0.6) is 0 Å². The maximum Gasteiger partial charge on any atom is 0.309 e. The third kappa shape index (κ3) is 5.51. The van der Waals surface area contributed by atoms with Crippen LogP contribution in [-0.4, -0.2) is 68.9 Å². The van der Waals surface area contributed by atoms with Gasteiger partial charge in [0.25, 0.3) is 5.91 Å².